The maximum absolute atomic E-state index is 8.58. The van der Waals surface area contributed by atoms with E-state index in [4.69, 9.17) is 5.11 Å². The van der Waals surface area contributed by atoms with Gasteiger partial charge in [0.15, 0.2) is 0 Å². The van der Waals surface area contributed by atoms with Crippen LogP contribution in [0.25, 0.3) is 0 Å². The lowest BCUT2D eigenvalue weighted by Gasteiger charge is -1.99. The predicted octanol–water partition coefficient (Wildman–Crippen LogP) is 2.12. The first-order chi connectivity index (χ1) is 6.93. The lowest BCUT2D eigenvalue weighted by molar-refractivity contribution is 0.283. The van der Waals surface area contributed by atoms with Crippen LogP contribution < -0.4 is 0 Å². The lowest BCUT2D eigenvalue weighted by Crippen LogP contribution is -1.86. The van der Waals surface area contributed by atoms with E-state index in [1.807, 2.05) is 0 Å². The highest BCUT2D eigenvalue weighted by atomic mass is 32.2. The third-order valence-corrected chi connectivity index (χ3v) is 2.84. The Balaban J connectivity index is 1.99. The highest BCUT2D eigenvalue weighted by molar-refractivity contribution is 7.99. The summed E-state index contributed by atoms with van der Waals surface area (Å²) < 4.78 is 0. The molecular weight excluding hydrogens is 196 g/mol. The molecule has 0 bridgehead atoms. The zero-order chi connectivity index (χ0) is 10.1. The summed E-state index contributed by atoms with van der Waals surface area (Å²) in [6.45, 7) is 0.317. The molecule has 1 aromatic heterocycles. The number of thioether (sulfide) groups is 1. The quantitative estimate of drug-likeness (QED) is 0.555. The van der Waals surface area contributed by atoms with Crippen molar-refractivity contribution in [1.29, 1.82) is 0 Å². The van der Waals surface area contributed by atoms with Crippen molar-refractivity contribution in [3.8, 4) is 0 Å². The van der Waals surface area contributed by atoms with Crippen molar-refractivity contribution >= 4 is 11.8 Å². The number of aliphatic hydroxyl groups is 1. The molecule has 0 unspecified atom stereocenters. The average Bonchev–Trinajstić information content (AvgIpc) is 2.25. The Morgan fingerprint density at radius 1 is 1.14 bits per heavy atom. The van der Waals surface area contributed by atoms with Gasteiger partial charge in [0.1, 0.15) is 5.03 Å². The molecule has 0 aliphatic carbocycles. The predicted molar refractivity (Wildman–Crippen MR) is 58.3 cm³/mol. The van der Waals surface area contributed by atoms with E-state index in [9.17, 15) is 0 Å². The summed E-state index contributed by atoms with van der Waals surface area (Å²) >= 11 is 1.74. The molecule has 14 heavy (non-hydrogen) atoms. The molecule has 0 amide bonds. The van der Waals surface area contributed by atoms with E-state index in [0.29, 0.717) is 6.61 Å². The Morgan fingerprint density at radius 2 is 2.00 bits per heavy atom. The first kappa shape index (κ1) is 11.5. The third kappa shape index (κ3) is 5.19. The van der Waals surface area contributed by atoms with Gasteiger partial charge >= 0.3 is 0 Å². The van der Waals surface area contributed by atoms with Gasteiger partial charge in [-0.1, -0.05) is 12.8 Å². The molecule has 0 aromatic carbocycles. The van der Waals surface area contributed by atoms with Gasteiger partial charge in [0, 0.05) is 19.0 Å². The SMILES string of the molecule is OCCCCCCSc1cnccn1. The third-order valence-electron chi connectivity index (χ3n) is 1.84. The fourth-order valence-corrected chi connectivity index (χ4v) is 1.93. The highest BCUT2D eigenvalue weighted by Gasteiger charge is 1.94. The summed E-state index contributed by atoms with van der Waals surface area (Å²) in [4.78, 5) is 8.17. The topological polar surface area (TPSA) is 46.0 Å². The molecule has 0 spiro atoms. The first-order valence-corrected chi connectivity index (χ1v) is 5.91. The first-order valence-electron chi connectivity index (χ1n) is 4.93. The maximum atomic E-state index is 8.58. The van der Waals surface area contributed by atoms with Gasteiger partial charge in [0.25, 0.3) is 0 Å². The summed E-state index contributed by atoms with van der Waals surface area (Å²) in [5.74, 6) is 1.09. The second kappa shape index (κ2) is 7.76. The second-order valence-corrected chi connectivity index (χ2v) is 4.15. The van der Waals surface area contributed by atoms with Crippen LogP contribution in [0.5, 0.6) is 0 Å². The number of rotatable bonds is 7. The maximum Gasteiger partial charge on any atom is 0.114 e. The minimum atomic E-state index is 0.317. The van der Waals surface area contributed by atoms with Crippen LogP contribution in [0.15, 0.2) is 23.6 Å². The van der Waals surface area contributed by atoms with Crippen LogP contribution >= 0.6 is 11.8 Å². The van der Waals surface area contributed by atoms with E-state index < -0.39 is 0 Å². The fraction of sp³-hybridized carbons (Fsp3) is 0.600. The fourth-order valence-electron chi connectivity index (χ4n) is 1.10. The standard InChI is InChI=1S/C10H16N2OS/c13-7-3-1-2-4-8-14-10-9-11-5-6-12-10/h5-6,9,13H,1-4,7-8H2. The minimum absolute atomic E-state index is 0.317. The smallest absolute Gasteiger partial charge is 0.114 e. The number of aromatic nitrogens is 2. The Labute approximate surface area is 89.0 Å². The molecule has 0 fully saturated rings. The summed E-state index contributed by atoms with van der Waals surface area (Å²) in [6, 6.07) is 0. The molecule has 1 heterocycles. The highest BCUT2D eigenvalue weighted by Crippen LogP contribution is 2.15. The summed E-state index contributed by atoms with van der Waals surface area (Å²) in [5.41, 5.74) is 0. The average molecular weight is 212 g/mol. The zero-order valence-corrected chi connectivity index (χ0v) is 9.04. The Bertz CT molecular complexity index is 231. The van der Waals surface area contributed by atoms with Crippen molar-refractivity contribution in [3.05, 3.63) is 18.6 Å². The summed E-state index contributed by atoms with van der Waals surface area (Å²) in [7, 11) is 0. The number of hydrogen-bond acceptors (Lipinski definition) is 4. The molecular formula is C10H16N2OS. The Hall–Kier alpha value is -0.610. The van der Waals surface area contributed by atoms with Gasteiger partial charge in [0.05, 0.1) is 6.20 Å². The number of unbranched alkanes of at least 4 members (excludes halogenated alkanes) is 3. The molecule has 1 N–H and O–H groups in total. The Morgan fingerprint density at radius 3 is 2.71 bits per heavy atom. The number of aliphatic hydroxyl groups excluding tert-OH is 1. The van der Waals surface area contributed by atoms with Gasteiger partial charge in [-0.05, 0) is 18.6 Å². The monoisotopic (exact) mass is 212 g/mol. The molecule has 0 saturated carbocycles. The van der Waals surface area contributed by atoms with E-state index >= 15 is 0 Å². The number of hydrogen-bond donors (Lipinski definition) is 1. The molecule has 0 aliphatic rings. The van der Waals surface area contributed by atoms with E-state index in [1.165, 1.54) is 12.8 Å². The van der Waals surface area contributed by atoms with Gasteiger partial charge in [0.2, 0.25) is 0 Å². The van der Waals surface area contributed by atoms with Gasteiger partial charge < -0.3 is 5.11 Å². The van der Waals surface area contributed by atoms with Crippen molar-refractivity contribution < 1.29 is 5.11 Å². The zero-order valence-electron chi connectivity index (χ0n) is 8.22. The van der Waals surface area contributed by atoms with Crippen LogP contribution in [-0.4, -0.2) is 27.4 Å². The molecule has 1 rings (SSSR count). The van der Waals surface area contributed by atoms with E-state index in [2.05, 4.69) is 9.97 Å². The molecule has 0 aliphatic heterocycles. The number of nitrogens with zero attached hydrogens (tertiary/aromatic N) is 2. The van der Waals surface area contributed by atoms with Crippen molar-refractivity contribution in [2.75, 3.05) is 12.4 Å². The van der Waals surface area contributed by atoms with Gasteiger partial charge in [-0.3, -0.25) is 4.98 Å². The molecule has 3 nitrogen and oxygen atoms in total. The molecule has 1 aromatic rings. The van der Waals surface area contributed by atoms with Gasteiger partial charge in [-0.15, -0.1) is 11.8 Å². The molecule has 4 heteroatoms. The lowest BCUT2D eigenvalue weighted by atomic mass is 10.2. The molecule has 0 radical (unpaired) electrons. The van der Waals surface area contributed by atoms with Crippen molar-refractivity contribution in [2.45, 2.75) is 30.7 Å². The molecule has 78 valence electrons. The largest absolute Gasteiger partial charge is 0.396 e. The minimum Gasteiger partial charge on any atom is -0.396 e. The summed E-state index contributed by atoms with van der Waals surface area (Å²) in [5, 5.41) is 9.57. The van der Waals surface area contributed by atoms with Crippen LogP contribution in [0.2, 0.25) is 0 Å². The van der Waals surface area contributed by atoms with Crippen LogP contribution in [0.3, 0.4) is 0 Å². The second-order valence-electron chi connectivity index (χ2n) is 3.03. The van der Waals surface area contributed by atoms with Crippen LogP contribution in [-0.2, 0) is 0 Å². The van der Waals surface area contributed by atoms with E-state index in [1.54, 1.807) is 30.4 Å². The van der Waals surface area contributed by atoms with Crippen molar-refractivity contribution in [2.24, 2.45) is 0 Å². The van der Waals surface area contributed by atoms with E-state index in [0.717, 1.165) is 23.6 Å². The van der Waals surface area contributed by atoms with Crippen molar-refractivity contribution in [1.82, 2.24) is 9.97 Å². The molecule has 0 atom stereocenters. The van der Waals surface area contributed by atoms with Crippen LogP contribution in [0.4, 0.5) is 0 Å². The van der Waals surface area contributed by atoms with Crippen molar-refractivity contribution in [3.63, 3.8) is 0 Å². The van der Waals surface area contributed by atoms with Gasteiger partial charge in [-0.2, -0.15) is 0 Å². The van der Waals surface area contributed by atoms with Crippen LogP contribution in [0.1, 0.15) is 25.7 Å². The van der Waals surface area contributed by atoms with E-state index in [-0.39, 0.29) is 0 Å². The molecule has 0 saturated heterocycles. The van der Waals surface area contributed by atoms with Crippen LogP contribution in [0, 0.1) is 0 Å². The normalized spacial score (nSPS) is 10.4. The van der Waals surface area contributed by atoms with Gasteiger partial charge in [-0.25, -0.2) is 4.98 Å². The summed E-state index contributed by atoms with van der Waals surface area (Å²) in [6.07, 6.45) is 9.61. The Kier molecular flexibility index (Phi) is 6.36.